The maximum Gasteiger partial charge on any atom is 0.417 e. The molecule has 0 unspecified atom stereocenters. The van der Waals surface area contributed by atoms with Crippen molar-refractivity contribution in [1.29, 1.82) is 0 Å². The molecule has 0 spiro atoms. The monoisotopic (exact) mass is 336 g/mol. The van der Waals surface area contributed by atoms with E-state index < -0.39 is 23.2 Å². The molecule has 2 amide bonds. The van der Waals surface area contributed by atoms with Gasteiger partial charge in [-0.2, -0.15) is 13.2 Å². The van der Waals surface area contributed by atoms with Crippen molar-refractivity contribution in [2.24, 2.45) is 0 Å². The van der Waals surface area contributed by atoms with Crippen molar-refractivity contribution >= 4 is 23.2 Å². The SMILES string of the molecule is CC(=O)Nc1ccc(C)c(NC(=O)c2ccccc2C(F)(F)F)c1. The summed E-state index contributed by atoms with van der Waals surface area (Å²) in [5, 5.41) is 5.01. The smallest absolute Gasteiger partial charge is 0.326 e. The molecule has 0 atom stereocenters. The van der Waals surface area contributed by atoms with Gasteiger partial charge in [0, 0.05) is 18.3 Å². The van der Waals surface area contributed by atoms with Crippen molar-refractivity contribution in [2.75, 3.05) is 10.6 Å². The van der Waals surface area contributed by atoms with Crippen LogP contribution in [0.1, 0.15) is 28.4 Å². The molecule has 0 saturated carbocycles. The molecule has 0 aliphatic rings. The summed E-state index contributed by atoms with van der Waals surface area (Å²) >= 11 is 0. The van der Waals surface area contributed by atoms with E-state index in [-0.39, 0.29) is 5.91 Å². The Morgan fingerprint density at radius 3 is 2.29 bits per heavy atom. The molecule has 2 N–H and O–H groups in total. The van der Waals surface area contributed by atoms with Crippen LogP contribution in [0.4, 0.5) is 24.5 Å². The maximum absolute atomic E-state index is 13.0. The first-order chi connectivity index (χ1) is 11.2. The first-order valence-corrected chi connectivity index (χ1v) is 7.04. The Kier molecular flexibility index (Phi) is 4.92. The van der Waals surface area contributed by atoms with E-state index in [1.807, 2.05) is 0 Å². The fourth-order valence-electron chi connectivity index (χ4n) is 2.16. The van der Waals surface area contributed by atoms with E-state index in [2.05, 4.69) is 10.6 Å². The van der Waals surface area contributed by atoms with Gasteiger partial charge in [0.2, 0.25) is 5.91 Å². The summed E-state index contributed by atoms with van der Waals surface area (Å²) in [5.74, 6) is -1.16. The molecule has 0 aliphatic heterocycles. The number of nitrogens with one attached hydrogen (secondary N) is 2. The molecule has 7 heteroatoms. The first kappa shape index (κ1) is 17.5. The summed E-state index contributed by atoms with van der Waals surface area (Å²) in [5.41, 5.74) is -0.0508. The van der Waals surface area contributed by atoms with Gasteiger partial charge in [-0.25, -0.2) is 0 Å². The van der Waals surface area contributed by atoms with Gasteiger partial charge in [-0.1, -0.05) is 18.2 Å². The number of amides is 2. The number of carbonyl (C=O) groups excluding carboxylic acids is 2. The van der Waals surface area contributed by atoms with Crippen molar-refractivity contribution in [2.45, 2.75) is 20.0 Å². The lowest BCUT2D eigenvalue weighted by atomic mass is 10.1. The van der Waals surface area contributed by atoms with Crippen molar-refractivity contribution in [3.8, 4) is 0 Å². The minimum absolute atomic E-state index is 0.293. The van der Waals surface area contributed by atoms with Crippen LogP contribution in [-0.2, 0) is 11.0 Å². The molecular weight excluding hydrogens is 321 g/mol. The van der Waals surface area contributed by atoms with Crippen LogP contribution in [0.15, 0.2) is 42.5 Å². The summed E-state index contributed by atoms with van der Waals surface area (Å²) in [7, 11) is 0. The Morgan fingerprint density at radius 1 is 1.00 bits per heavy atom. The molecule has 4 nitrogen and oxygen atoms in total. The number of hydrogen-bond acceptors (Lipinski definition) is 2. The highest BCUT2D eigenvalue weighted by molar-refractivity contribution is 6.06. The topological polar surface area (TPSA) is 58.2 Å². The van der Waals surface area contributed by atoms with Gasteiger partial charge in [0.25, 0.3) is 5.91 Å². The van der Waals surface area contributed by atoms with E-state index in [1.165, 1.54) is 25.1 Å². The molecule has 0 radical (unpaired) electrons. The maximum atomic E-state index is 13.0. The van der Waals surface area contributed by atoms with E-state index in [9.17, 15) is 22.8 Å². The predicted octanol–water partition coefficient (Wildman–Crippen LogP) is 4.22. The average molecular weight is 336 g/mol. The highest BCUT2D eigenvalue weighted by Gasteiger charge is 2.34. The molecule has 0 aliphatic carbocycles. The lowest BCUT2D eigenvalue weighted by molar-refractivity contribution is -0.137. The molecule has 0 fully saturated rings. The standard InChI is InChI=1S/C17H15F3N2O2/c1-10-7-8-12(21-11(2)23)9-15(10)22-16(24)13-5-3-4-6-14(13)17(18,19)20/h3-9H,1-2H3,(H,21,23)(H,22,24). The van der Waals surface area contributed by atoms with Crippen LogP contribution in [0.25, 0.3) is 0 Å². The third-order valence-corrected chi connectivity index (χ3v) is 3.28. The summed E-state index contributed by atoms with van der Waals surface area (Å²) < 4.78 is 39.0. The van der Waals surface area contributed by atoms with E-state index in [4.69, 9.17) is 0 Å². The zero-order valence-corrected chi connectivity index (χ0v) is 13.0. The molecule has 0 heterocycles. The fraction of sp³-hybridized carbons (Fsp3) is 0.176. The zero-order chi connectivity index (χ0) is 17.9. The molecule has 2 aromatic rings. The van der Waals surface area contributed by atoms with Gasteiger partial charge in [0.05, 0.1) is 11.1 Å². The summed E-state index contributed by atoms with van der Waals surface area (Å²) in [6.45, 7) is 3.03. The second-order valence-corrected chi connectivity index (χ2v) is 5.21. The zero-order valence-electron chi connectivity index (χ0n) is 13.0. The number of aryl methyl sites for hydroxylation is 1. The molecule has 24 heavy (non-hydrogen) atoms. The second-order valence-electron chi connectivity index (χ2n) is 5.21. The normalized spacial score (nSPS) is 11.0. The highest BCUT2D eigenvalue weighted by atomic mass is 19.4. The Morgan fingerprint density at radius 2 is 1.67 bits per heavy atom. The van der Waals surface area contributed by atoms with Gasteiger partial charge in [0.1, 0.15) is 0 Å². The van der Waals surface area contributed by atoms with Crippen molar-refractivity contribution in [3.05, 3.63) is 59.2 Å². The van der Waals surface area contributed by atoms with Gasteiger partial charge in [-0.15, -0.1) is 0 Å². The van der Waals surface area contributed by atoms with Crippen LogP contribution in [0.3, 0.4) is 0 Å². The highest BCUT2D eigenvalue weighted by Crippen LogP contribution is 2.32. The Hall–Kier alpha value is -2.83. The molecule has 0 saturated heterocycles. The lowest BCUT2D eigenvalue weighted by Crippen LogP contribution is -2.19. The quantitative estimate of drug-likeness (QED) is 0.881. The van der Waals surface area contributed by atoms with Crippen LogP contribution in [0, 0.1) is 6.92 Å². The Bertz CT molecular complexity index is 786. The summed E-state index contributed by atoms with van der Waals surface area (Å²) in [4.78, 5) is 23.4. The van der Waals surface area contributed by atoms with Gasteiger partial charge in [0.15, 0.2) is 0 Å². The van der Waals surface area contributed by atoms with E-state index in [0.717, 1.165) is 12.1 Å². The summed E-state index contributed by atoms with van der Waals surface area (Å²) in [6, 6.07) is 9.34. The van der Waals surface area contributed by atoms with E-state index in [0.29, 0.717) is 16.9 Å². The first-order valence-electron chi connectivity index (χ1n) is 7.04. The molecule has 0 aromatic heterocycles. The third kappa shape index (κ3) is 4.13. The van der Waals surface area contributed by atoms with Crippen molar-refractivity contribution in [1.82, 2.24) is 0 Å². The molecular formula is C17H15F3N2O2. The third-order valence-electron chi connectivity index (χ3n) is 3.28. The number of anilines is 2. The number of alkyl halides is 3. The van der Waals surface area contributed by atoms with Crippen LogP contribution in [0.2, 0.25) is 0 Å². The summed E-state index contributed by atoms with van der Waals surface area (Å²) in [6.07, 6.45) is -4.62. The lowest BCUT2D eigenvalue weighted by Gasteiger charge is -2.14. The molecule has 126 valence electrons. The van der Waals surface area contributed by atoms with Crippen LogP contribution >= 0.6 is 0 Å². The predicted molar refractivity (Wildman–Crippen MR) is 84.9 cm³/mol. The average Bonchev–Trinajstić information content (AvgIpc) is 2.49. The molecule has 2 aromatic carbocycles. The van der Waals surface area contributed by atoms with Crippen molar-refractivity contribution in [3.63, 3.8) is 0 Å². The number of carbonyl (C=O) groups is 2. The van der Waals surface area contributed by atoms with Gasteiger partial charge in [-0.3, -0.25) is 9.59 Å². The Balaban J connectivity index is 2.32. The van der Waals surface area contributed by atoms with Crippen LogP contribution in [-0.4, -0.2) is 11.8 Å². The number of hydrogen-bond donors (Lipinski definition) is 2. The molecule has 0 bridgehead atoms. The van der Waals surface area contributed by atoms with Gasteiger partial charge < -0.3 is 10.6 Å². The minimum atomic E-state index is -4.62. The number of benzene rings is 2. The van der Waals surface area contributed by atoms with E-state index >= 15 is 0 Å². The fourth-order valence-corrected chi connectivity index (χ4v) is 2.16. The number of halogens is 3. The molecule has 2 rings (SSSR count). The van der Waals surface area contributed by atoms with E-state index in [1.54, 1.807) is 19.1 Å². The van der Waals surface area contributed by atoms with Crippen molar-refractivity contribution < 1.29 is 22.8 Å². The van der Waals surface area contributed by atoms with Gasteiger partial charge in [-0.05, 0) is 36.8 Å². The van der Waals surface area contributed by atoms with Crippen LogP contribution in [0.5, 0.6) is 0 Å². The largest absolute Gasteiger partial charge is 0.417 e. The minimum Gasteiger partial charge on any atom is -0.326 e. The Labute approximate surface area is 136 Å². The second kappa shape index (κ2) is 6.74. The van der Waals surface area contributed by atoms with Gasteiger partial charge >= 0.3 is 6.18 Å². The number of rotatable bonds is 3. The van der Waals surface area contributed by atoms with Crippen LogP contribution < -0.4 is 10.6 Å².